The minimum atomic E-state index is 0.0810. The molecular formula is C12H15NO2. The second-order valence-corrected chi connectivity index (χ2v) is 3.71. The maximum Gasteiger partial charge on any atom is 0.220 e. The molecule has 80 valence electrons. The van der Waals surface area contributed by atoms with Crippen LogP contribution in [0.25, 0.3) is 0 Å². The van der Waals surface area contributed by atoms with E-state index < -0.39 is 0 Å². The largest absolute Gasteiger partial charge is 0.377 e. The highest BCUT2D eigenvalue weighted by atomic mass is 16.5. The van der Waals surface area contributed by atoms with Crippen LogP contribution in [0.3, 0.4) is 0 Å². The molecule has 1 heterocycles. The smallest absolute Gasteiger partial charge is 0.220 e. The molecule has 3 heteroatoms. The minimum absolute atomic E-state index is 0.0810. The number of carbonyl (C=O) groups is 1. The molecule has 1 unspecified atom stereocenters. The lowest BCUT2D eigenvalue weighted by Gasteiger charge is -2.35. The summed E-state index contributed by atoms with van der Waals surface area (Å²) in [5.74, 6) is 0.118. The summed E-state index contributed by atoms with van der Waals surface area (Å²) in [6.45, 7) is 3.54. The molecular weight excluding hydrogens is 190 g/mol. The van der Waals surface area contributed by atoms with E-state index >= 15 is 0 Å². The zero-order chi connectivity index (χ0) is 10.7. The Morgan fingerprint density at radius 1 is 1.40 bits per heavy atom. The van der Waals surface area contributed by atoms with Crippen molar-refractivity contribution in [3.63, 3.8) is 0 Å². The van der Waals surface area contributed by atoms with Gasteiger partial charge in [-0.05, 0) is 5.56 Å². The van der Waals surface area contributed by atoms with E-state index in [-0.39, 0.29) is 11.9 Å². The number of carbonyl (C=O) groups excluding carboxylic acids is 1. The zero-order valence-electron chi connectivity index (χ0n) is 8.85. The van der Waals surface area contributed by atoms with Crippen LogP contribution >= 0.6 is 0 Å². The van der Waals surface area contributed by atoms with Crippen molar-refractivity contribution in [3.8, 4) is 0 Å². The summed E-state index contributed by atoms with van der Waals surface area (Å²) in [5.41, 5.74) is 1.15. The van der Waals surface area contributed by atoms with E-state index in [1.165, 1.54) is 0 Å². The van der Waals surface area contributed by atoms with Crippen LogP contribution in [0.4, 0.5) is 0 Å². The lowest BCUT2D eigenvalue weighted by molar-refractivity contribution is -0.137. The highest BCUT2D eigenvalue weighted by molar-refractivity contribution is 5.74. The predicted octanol–water partition coefficient (Wildman–Crippen LogP) is 1.61. The van der Waals surface area contributed by atoms with Gasteiger partial charge in [-0.2, -0.15) is 0 Å². The average Bonchev–Trinajstić information content (AvgIpc) is 2.30. The third-order valence-corrected chi connectivity index (χ3v) is 2.72. The van der Waals surface area contributed by atoms with Gasteiger partial charge >= 0.3 is 0 Å². The molecule has 0 radical (unpaired) electrons. The Morgan fingerprint density at radius 2 is 2.13 bits per heavy atom. The van der Waals surface area contributed by atoms with Gasteiger partial charge in [0.05, 0.1) is 19.3 Å². The topological polar surface area (TPSA) is 29.5 Å². The van der Waals surface area contributed by atoms with Crippen molar-refractivity contribution >= 4 is 5.91 Å². The molecule has 15 heavy (non-hydrogen) atoms. The minimum Gasteiger partial charge on any atom is -0.377 e. The number of hydrogen-bond donors (Lipinski definition) is 0. The van der Waals surface area contributed by atoms with Crippen LogP contribution in [0.1, 0.15) is 18.5 Å². The SMILES string of the molecule is CC(=O)N1CCOCC1c1ccccc1. The Balaban J connectivity index is 2.22. The highest BCUT2D eigenvalue weighted by Gasteiger charge is 2.25. The monoisotopic (exact) mass is 205 g/mol. The van der Waals surface area contributed by atoms with Crippen LogP contribution < -0.4 is 0 Å². The molecule has 0 spiro atoms. The van der Waals surface area contributed by atoms with Crippen LogP contribution in [0, 0.1) is 0 Å². The van der Waals surface area contributed by atoms with Gasteiger partial charge in [0.1, 0.15) is 0 Å². The van der Waals surface area contributed by atoms with Crippen LogP contribution in [0.2, 0.25) is 0 Å². The summed E-state index contributed by atoms with van der Waals surface area (Å²) in [7, 11) is 0. The molecule has 1 aromatic carbocycles. The molecule has 0 N–H and O–H groups in total. The van der Waals surface area contributed by atoms with Crippen molar-refractivity contribution in [3.05, 3.63) is 35.9 Å². The van der Waals surface area contributed by atoms with E-state index in [0.717, 1.165) is 5.56 Å². The first-order chi connectivity index (χ1) is 7.29. The van der Waals surface area contributed by atoms with Crippen molar-refractivity contribution in [2.75, 3.05) is 19.8 Å². The summed E-state index contributed by atoms with van der Waals surface area (Å²) >= 11 is 0. The molecule has 1 fully saturated rings. The Labute approximate surface area is 89.7 Å². The fourth-order valence-corrected chi connectivity index (χ4v) is 1.93. The van der Waals surface area contributed by atoms with Crippen LogP contribution in [0.5, 0.6) is 0 Å². The molecule has 0 bridgehead atoms. The molecule has 0 aromatic heterocycles. The number of benzene rings is 1. The van der Waals surface area contributed by atoms with Crippen LogP contribution in [0.15, 0.2) is 30.3 Å². The first-order valence-corrected chi connectivity index (χ1v) is 5.19. The first-order valence-electron chi connectivity index (χ1n) is 5.19. The van der Waals surface area contributed by atoms with E-state index in [1.54, 1.807) is 6.92 Å². The molecule has 0 saturated carbocycles. The number of amides is 1. The molecule has 1 aliphatic rings. The number of nitrogens with zero attached hydrogens (tertiary/aromatic N) is 1. The van der Waals surface area contributed by atoms with Crippen molar-refractivity contribution in [1.82, 2.24) is 4.90 Å². The Kier molecular flexibility index (Phi) is 3.02. The maximum absolute atomic E-state index is 11.5. The van der Waals surface area contributed by atoms with E-state index in [4.69, 9.17) is 4.74 Å². The number of hydrogen-bond acceptors (Lipinski definition) is 2. The van der Waals surface area contributed by atoms with Crippen molar-refractivity contribution in [2.45, 2.75) is 13.0 Å². The van der Waals surface area contributed by atoms with Gasteiger partial charge in [0, 0.05) is 13.5 Å². The lowest BCUT2D eigenvalue weighted by Crippen LogP contribution is -2.42. The highest BCUT2D eigenvalue weighted by Crippen LogP contribution is 2.23. The second kappa shape index (κ2) is 4.45. The summed E-state index contributed by atoms with van der Waals surface area (Å²) in [6, 6.07) is 10.1. The van der Waals surface area contributed by atoms with E-state index in [1.807, 2.05) is 35.2 Å². The second-order valence-electron chi connectivity index (χ2n) is 3.71. The molecule has 1 aromatic rings. The molecule has 2 rings (SSSR count). The van der Waals surface area contributed by atoms with E-state index in [9.17, 15) is 4.79 Å². The van der Waals surface area contributed by atoms with Crippen molar-refractivity contribution < 1.29 is 9.53 Å². The quantitative estimate of drug-likeness (QED) is 0.697. The number of ether oxygens (including phenoxy) is 1. The third-order valence-electron chi connectivity index (χ3n) is 2.72. The normalized spacial score (nSPS) is 21.4. The van der Waals surface area contributed by atoms with E-state index in [2.05, 4.69) is 0 Å². The van der Waals surface area contributed by atoms with E-state index in [0.29, 0.717) is 19.8 Å². The standard InChI is InChI=1S/C12H15NO2/c1-10(14)13-7-8-15-9-12(13)11-5-3-2-4-6-11/h2-6,12H,7-9H2,1H3. The summed E-state index contributed by atoms with van der Waals surface area (Å²) in [6.07, 6.45) is 0. The summed E-state index contributed by atoms with van der Waals surface area (Å²) in [5, 5.41) is 0. The Morgan fingerprint density at radius 3 is 2.80 bits per heavy atom. The van der Waals surface area contributed by atoms with Crippen molar-refractivity contribution in [1.29, 1.82) is 0 Å². The third kappa shape index (κ3) is 2.18. The van der Waals surface area contributed by atoms with Gasteiger partial charge in [0.15, 0.2) is 0 Å². The fourth-order valence-electron chi connectivity index (χ4n) is 1.93. The van der Waals surface area contributed by atoms with Gasteiger partial charge in [-0.25, -0.2) is 0 Å². The fraction of sp³-hybridized carbons (Fsp3) is 0.417. The van der Waals surface area contributed by atoms with Gasteiger partial charge in [-0.3, -0.25) is 4.79 Å². The first kappa shape index (κ1) is 10.2. The predicted molar refractivity (Wildman–Crippen MR) is 57.4 cm³/mol. The summed E-state index contributed by atoms with van der Waals surface area (Å²) in [4.78, 5) is 13.3. The number of morpholine rings is 1. The van der Waals surface area contributed by atoms with Crippen LogP contribution in [-0.4, -0.2) is 30.6 Å². The molecule has 0 aliphatic carbocycles. The zero-order valence-corrected chi connectivity index (χ0v) is 8.85. The van der Waals surface area contributed by atoms with Gasteiger partial charge in [0.2, 0.25) is 5.91 Å². The molecule has 1 amide bonds. The maximum atomic E-state index is 11.5. The van der Waals surface area contributed by atoms with Gasteiger partial charge < -0.3 is 9.64 Å². The Hall–Kier alpha value is -1.35. The van der Waals surface area contributed by atoms with Crippen molar-refractivity contribution in [2.24, 2.45) is 0 Å². The molecule has 1 saturated heterocycles. The lowest BCUT2D eigenvalue weighted by atomic mass is 10.1. The Bertz CT molecular complexity index is 337. The number of rotatable bonds is 1. The molecule has 3 nitrogen and oxygen atoms in total. The van der Waals surface area contributed by atoms with Crippen LogP contribution in [-0.2, 0) is 9.53 Å². The molecule has 1 atom stereocenters. The van der Waals surface area contributed by atoms with Gasteiger partial charge in [-0.15, -0.1) is 0 Å². The average molecular weight is 205 g/mol. The van der Waals surface area contributed by atoms with Gasteiger partial charge in [-0.1, -0.05) is 30.3 Å². The molecule has 1 aliphatic heterocycles. The summed E-state index contributed by atoms with van der Waals surface area (Å²) < 4.78 is 5.42. The van der Waals surface area contributed by atoms with Gasteiger partial charge in [0.25, 0.3) is 0 Å².